The SMILES string of the molecule is CC(=O)Nc1ccc(C(=O)N2CCC3(CC/C=C(\C)CCOc4ccccc4C(=O)NC3)CC2)cn1. The topological polar surface area (TPSA) is 101 Å². The van der Waals surface area contributed by atoms with Crippen LogP contribution >= 0.6 is 0 Å². The average Bonchev–Trinajstić information content (AvgIpc) is 2.88. The van der Waals surface area contributed by atoms with Crippen LogP contribution in [0.2, 0.25) is 0 Å². The minimum Gasteiger partial charge on any atom is -0.492 e. The number of aromatic nitrogens is 1. The number of pyridine rings is 1. The number of nitrogens with one attached hydrogen (secondary N) is 2. The second-order valence-electron chi connectivity index (χ2n) is 9.77. The molecule has 0 atom stereocenters. The maximum absolute atomic E-state index is 13.1. The van der Waals surface area contributed by atoms with Gasteiger partial charge in [-0.1, -0.05) is 23.8 Å². The molecule has 8 nitrogen and oxygen atoms in total. The molecule has 0 saturated carbocycles. The predicted molar refractivity (Wildman–Crippen MR) is 138 cm³/mol. The summed E-state index contributed by atoms with van der Waals surface area (Å²) in [6, 6.07) is 10.7. The van der Waals surface area contributed by atoms with Crippen LogP contribution in [-0.2, 0) is 4.79 Å². The molecule has 4 rings (SSSR count). The van der Waals surface area contributed by atoms with E-state index in [9.17, 15) is 14.4 Å². The maximum Gasteiger partial charge on any atom is 0.255 e. The molecule has 2 aromatic rings. The van der Waals surface area contributed by atoms with Gasteiger partial charge in [0.15, 0.2) is 0 Å². The van der Waals surface area contributed by atoms with Crippen molar-refractivity contribution in [2.45, 2.75) is 46.0 Å². The van der Waals surface area contributed by atoms with Gasteiger partial charge in [0.25, 0.3) is 11.8 Å². The Morgan fingerprint density at radius 3 is 2.61 bits per heavy atom. The molecule has 8 heteroatoms. The molecule has 1 aromatic heterocycles. The fourth-order valence-electron chi connectivity index (χ4n) is 4.85. The first-order chi connectivity index (χ1) is 17.3. The van der Waals surface area contributed by atoms with Gasteiger partial charge in [0, 0.05) is 39.2 Å². The molecule has 36 heavy (non-hydrogen) atoms. The molecule has 1 spiro atoms. The summed E-state index contributed by atoms with van der Waals surface area (Å²) in [5.74, 6) is 0.630. The lowest BCUT2D eigenvalue weighted by Gasteiger charge is -2.42. The van der Waals surface area contributed by atoms with Crippen molar-refractivity contribution in [3.05, 3.63) is 65.4 Å². The summed E-state index contributed by atoms with van der Waals surface area (Å²) in [5, 5.41) is 5.77. The quantitative estimate of drug-likeness (QED) is 0.615. The van der Waals surface area contributed by atoms with Crippen LogP contribution in [0, 0.1) is 5.41 Å². The number of para-hydroxylation sites is 1. The van der Waals surface area contributed by atoms with Crippen molar-refractivity contribution < 1.29 is 19.1 Å². The summed E-state index contributed by atoms with van der Waals surface area (Å²) in [6.45, 7) is 5.87. The van der Waals surface area contributed by atoms with E-state index in [1.54, 1.807) is 18.2 Å². The Hall–Kier alpha value is -3.68. The van der Waals surface area contributed by atoms with Crippen LogP contribution in [-0.4, -0.2) is 53.8 Å². The number of amides is 3. The zero-order chi connectivity index (χ0) is 25.5. The molecule has 3 amide bonds. The first-order valence-corrected chi connectivity index (χ1v) is 12.5. The highest BCUT2D eigenvalue weighted by Gasteiger charge is 2.36. The number of fused-ring (bicyclic) bond motifs is 1. The molecule has 0 aliphatic carbocycles. The summed E-state index contributed by atoms with van der Waals surface area (Å²) < 4.78 is 5.92. The van der Waals surface area contributed by atoms with Crippen molar-refractivity contribution in [3.63, 3.8) is 0 Å². The summed E-state index contributed by atoms with van der Waals surface area (Å²) in [6.07, 6.45) is 8.09. The number of benzene rings is 1. The third-order valence-electron chi connectivity index (χ3n) is 7.10. The Labute approximate surface area is 212 Å². The molecule has 1 aromatic carbocycles. The number of piperidine rings is 1. The molecule has 1 fully saturated rings. The van der Waals surface area contributed by atoms with Crippen LogP contribution in [0.25, 0.3) is 0 Å². The van der Waals surface area contributed by atoms with Gasteiger partial charge in [-0.15, -0.1) is 0 Å². The Morgan fingerprint density at radius 2 is 1.89 bits per heavy atom. The second-order valence-corrected chi connectivity index (χ2v) is 9.77. The average molecular weight is 491 g/mol. The minimum atomic E-state index is -0.205. The standard InChI is InChI=1S/C28H34N4O4/c1-20-6-5-12-28(19-30-26(34)23-7-3-4-8-24(23)36-17-11-20)13-15-32(16-14-28)27(35)22-9-10-25(29-18-22)31-21(2)33/h3-4,6-10,18H,5,11-17,19H2,1-2H3,(H,30,34)(H,29,31,33)/b20-6+. The fourth-order valence-corrected chi connectivity index (χ4v) is 4.85. The van der Waals surface area contributed by atoms with Gasteiger partial charge in [0.1, 0.15) is 11.6 Å². The molecule has 2 aliphatic heterocycles. The largest absolute Gasteiger partial charge is 0.492 e. The van der Waals surface area contributed by atoms with E-state index in [0.717, 1.165) is 32.1 Å². The number of ether oxygens (including phenoxy) is 1. The van der Waals surface area contributed by atoms with Gasteiger partial charge in [-0.05, 0) is 62.3 Å². The van der Waals surface area contributed by atoms with Crippen LogP contribution in [0.3, 0.4) is 0 Å². The molecule has 0 unspecified atom stereocenters. The van der Waals surface area contributed by atoms with E-state index in [1.807, 2.05) is 23.1 Å². The van der Waals surface area contributed by atoms with Crippen LogP contribution < -0.4 is 15.4 Å². The predicted octanol–water partition coefficient (Wildman–Crippen LogP) is 4.20. The molecule has 0 radical (unpaired) electrons. The maximum atomic E-state index is 13.1. The molecule has 2 aliphatic rings. The molecule has 3 heterocycles. The van der Waals surface area contributed by atoms with Gasteiger partial charge in [0.2, 0.25) is 5.91 Å². The smallest absolute Gasteiger partial charge is 0.255 e. The second kappa shape index (κ2) is 11.4. The Bertz CT molecular complexity index is 1130. The van der Waals surface area contributed by atoms with E-state index in [2.05, 4.69) is 28.6 Å². The van der Waals surface area contributed by atoms with Crippen molar-refractivity contribution in [2.75, 3.05) is 31.6 Å². The molecule has 190 valence electrons. The highest BCUT2D eigenvalue weighted by Crippen LogP contribution is 2.37. The molecular weight excluding hydrogens is 456 g/mol. The highest BCUT2D eigenvalue weighted by molar-refractivity contribution is 5.97. The van der Waals surface area contributed by atoms with E-state index >= 15 is 0 Å². The molecule has 2 N–H and O–H groups in total. The highest BCUT2D eigenvalue weighted by atomic mass is 16.5. The van der Waals surface area contributed by atoms with E-state index in [0.29, 0.717) is 48.9 Å². The zero-order valence-corrected chi connectivity index (χ0v) is 21.0. The van der Waals surface area contributed by atoms with Gasteiger partial charge in [-0.3, -0.25) is 14.4 Å². The van der Waals surface area contributed by atoms with E-state index in [1.165, 1.54) is 18.7 Å². The van der Waals surface area contributed by atoms with E-state index in [4.69, 9.17) is 4.74 Å². The van der Waals surface area contributed by atoms with E-state index < -0.39 is 0 Å². The van der Waals surface area contributed by atoms with E-state index in [-0.39, 0.29) is 23.1 Å². The Balaban J connectivity index is 1.45. The van der Waals surface area contributed by atoms with Crippen molar-refractivity contribution in [3.8, 4) is 5.75 Å². The lowest BCUT2D eigenvalue weighted by Crippen LogP contribution is -2.48. The number of likely N-dealkylation sites (tertiary alicyclic amines) is 1. The van der Waals surface area contributed by atoms with Gasteiger partial charge in [-0.2, -0.15) is 0 Å². The molecule has 0 bridgehead atoms. The minimum absolute atomic E-state index is 0.0674. The monoisotopic (exact) mass is 490 g/mol. The first kappa shape index (κ1) is 25.4. The normalized spacial score (nSPS) is 19.8. The molecule has 1 saturated heterocycles. The van der Waals surface area contributed by atoms with Crippen molar-refractivity contribution >= 4 is 23.5 Å². The number of rotatable bonds is 2. The summed E-state index contributed by atoms with van der Waals surface area (Å²) >= 11 is 0. The summed E-state index contributed by atoms with van der Waals surface area (Å²) in [4.78, 5) is 43.4. The van der Waals surface area contributed by atoms with Crippen LogP contribution in [0.4, 0.5) is 5.82 Å². The number of carbonyl (C=O) groups excluding carboxylic acids is 3. The number of carbonyl (C=O) groups is 3. The molecular formula is C28H34N4O4. The Kier molecular flexibility index (Phi) is 8.03. The van der Waals surface area contributed by atoms with Gasteiger partial charge in [-0.25, -0.2) is 4.98 Å². The third kappa shape index (κ3) is 6.30. The number of hydrogen-bond acceptors (Lipinski definition) is 5. The number of nitrogens with zero attached hydrogens (tertiary/aromatic N) is 2. The number of allylic oxidation sites excluding steroid dienone is 1. The number of hydrogen-bond donors (Lipinski definition) is 2. The number of anilines is 1. The summed E-state index contributed by atoms with van der Waals surface area (Å²) in [5.41, 5.74) is 2.25. The Morgan fingerprint density at radius 1 is 1.11 bits per heavy atom. The van der Waals surface area contributed by atoms with Gasteiger partial charge < -0.3 is 20.3 Å². The zero-order valence-electron chi connectivity index (χ0n) is 21.0. The fraction of sp³-hybridized carbons (Fsp3) is 0.429. The third-order valence-corrected chi connectivity index (χ3v) is 7.10. The van der Waals surface area contributed by atoms with Crippen molar-refractivity contribution in [2.24, 2.45) is 5.41 Å². The van der Waals surface area contributed by atoms with Gasteiger partial charge in [0.05, 0.1) is 17.7 Å². The van der Waals surface area contributed by atoms with Crippen molar-refractivity contribution in [1.29, 1.82) is 0 Å². The lowest BCUT2D eigenvalue weighted by molar-refractivity contribution is -0.114. The van der Waals surface area contributed by atoms with Gasteiger partial charge >= 0.3 is 0 Å². The van der Waals surface area contributed by atoms with Crippen LogP contribution in [0.15, 0.2) is 54.2 Å². The van der Waals surface area contributed by atoms with Crippen molar-refractivity contribution in [1.82, 2.24) is 15.2 Å². The summed E-state index contributed by atoms with van der Waals surface area (Å²) in [7, 11) is 0. The lowest BCUT2D eigenvalue weighted by atomic mass is 9.74. The van der Waals surface area contributed by atoms with Crippen LogP contribution in [0.5, 0.6) is 5.75 Å². The first-order valence-electron chi connectivity index (χ1n) is 12.5. The van der Waals surface area contributed by atoms with Crippen LogP contribution in [0.1, 0.15) is 66.7 Å².